The van der Waals surface area contributed by atoms with Crippen LogP contribution in [0, 0.1) is 0 Å². The highest BCUT2D eigenvalue weighted by Gasteiger charge is 2.31. The van der Waals surface area contributed by atoms with Crippen molar-refractivity contribution in [3.8, 4) is 0 Å². The lowest BCUT2D eigenvalue weighted by Crippen LogP contribution is -2.24. The third kappa shape index (κ3) is 4.45. The Balaban J connectivity index is 3.61. The fourth-order valence-electron chi connectivity index (χ4n) is 0.218. The summed E-state index contributed by atoms with van der Waals surface area (Å²) in [5.74, 6) is 0. The molecule has 60 valence electrons. The minimum atomic E-state index is -1.59. The summed E-state index contributed by atoms with van der Waals surface area (Å²) < 4.78 is 2.66. The smallest absolute Gasteiger partial charge is 0.293 e. The van der Waals surface area contributed by atoms with Crippen molar-refractivity contribution in [3.05, 3.63) is 0 Å². The Morgan fingerprint density at radius 1 is 1.50 bits per heavy atom. The van der Waals surface area contributed by atoms with Gasteiger partial charge in [-0.05, 0) is 0 Å². The van der Waals surface area contributed by atoms with Gasteiger partial charge in [0, 0.05) is 0 Å². The molecule has 0 heterocycles. The van der Waals surface area contributed by atoms with E-state index in [0.717, 1.165) is 0 Å². The summed E-state index contributed by atoms with van der Waals surface area (Å²) in [6, 6.07) is 0. The molecule has 0 aromatic heterocycles. The Labute approximate surface area is 78.3 Å². The molecule has 0 radical (unpaired) electrons. The fraction of sp³-hybridized carbons (Fsp3) is 0.750. The zero-order valence-corrected chi connectivity index (χ0v) is 7.71. The van der Waals surface area contributed by atoms with Crippen LogP contribution in [0.3, 0.4) is 0 Å². The lowest BCUT2D eigenvalue weighted by atomic mass is 10.5. The first-order valence-corrected chi connectivity index (χ1v) is 3.81. The van der Waals surface area contributed by atoms with Crippen molar-refractivity contribution in [1.82, 2.24) is 0 Å². The van der Waals surface area contributed by atoms with E-state index in [9.17, 15) is 4.79 Å². The van der Waals surface area contributed by atoms with Crippen LogP contribution in [0.1, 0.15) is 0 Å². The highest BCUT2D eigenvalue weighted by molar-refractivity contribution is 6.70. The van der Waals surface area contributed by atoms with Crippen LogP contribution in [0.25, 0.3) is 0 Å². The van der Waals surface area contributed by atoms with Crippen molar-refractivity contribution in [3.63, 3.8) is 0 Å². The molecule has 0 aliphatic rings. The molecule has 0 fully saturated rings. The first-order valence-electron chi connectivity index (χ1n) is 2.24. The molecule has 0 spiro atoms. The van der Waals surface area contributed by atoms with Gasteiger partial charge in [0.05, 0.1) is 0 Å². The molecule has 0 rings (SSSR count). The largest absolute Gasteiger partial charge is 0.466 e. The van der Waals surface area contributed by atoms with Gasteiger partial charge < -0.3 is 4.74 Å². The van der Waals surface area contributed by atoms with Gasteiger partial charge in [-0.2, -0.15) is 0 Å². The summed E-state index contributed by atoms with van der Waals surface area (Å²) in [5, 5.41) is -0.817. The van der Waals surface area contributed by atoms with Gasteiger partial charge >= 0.3 is 0 Å². The monoisotopic (exact) mass is 224 g/mol. The molecule has 0 aliphatic carbocycles. The van der Waals surface area contributed by atoms with E-state index >= 15 is 0 Å². The van der Waals surface area contributed by atoms with Crippen LogP contribution in [0.5, 0.6) is 0 Å². The topological polar surface area (TPSA) is 26.3 Å². The normalized spacial score (nSPS) is 14.4. The molecule has 1 unspecified atom stereocenters. The average Bonchev–Trinajstić information content (AvgIpc) is 1.80. The number of ether oxygens (including phenoxy) is 1. The Morgan fingerprint density at radius 3 is 2.30 bits per heavy atom. The van der Waals surface area contributed by atoms with Crippen molar-refractivity contribution in [1.29, 1.82) is 0 Å². The van der Waals surface area contributed by atoms with Crippen LogP contribution in [-0.4, -0.2) is 22.2 Å². The average molecular weight is 226 g/mol. The second-order valence-electron chi connectivity index (χ2n) is 1.44. The SMILES string of the molecule is O=COCC(Cl)C(Cl)(Cl)Cl. The van der Waals surface area contributed by atoms with E-state index < -0.39 is 9.17 Å². The number of rotatable bonds is 3. The number of hydrogen-bond donors (Lipinski definition) is 0. The van der Waals surface area contributed by atoms with Crippen molar-refractivity contribution in [2.75, 3.05) is 6.61 Å². The molecule has 0 saturated heterocycles. The van der Waals surface area contributed by atoms with Crippen LogP contribution in [-0.2, 0) is 9.53 Å². The van der Waals surface area contributed by atoms with Crippen LogP contribution in [0.15, 0.2) is 0 Å². The molecule has 0 N–H and O–H groups in total. The van der Waals surface area contributed by atoms with Gasteiger partial charge in [0.15, 0.2) is 0 Å². The van der Waals surface area contributed by atoms with Gasteiger partial charge in [-0.1, -0.05) is 34.8 Å². The van der Waals surface area contributed by atoms with Gasteiger partial charge in [0.1, 0.15) is 12.0 Å². The van der Waals surface area contributed by atoms with Crippen LogP contribution in [0.4, 0.5) is 0 Å². The summed E-state index contributed by atoms with van der Waals surface area (Å²) in [7, 11) is 0. The Hall–Kier alpha value is 0.630. The second kappa shape index (κ2) is 4.50. The number of halogens is 4. The first kappa shape index (κ1) is 10.6. The second-order valence-corrected chi connectivity index (χ2v) is 4.33. The lowest BCUT2D eigenvalue weighted by molar-refractivity contribution is -0.128. The zero-order chi connectivity index (χ0) is 8.20. The van der Waals surface area contributed by atoms with E-state index in [1.807, 2.05) is 0 Å². The number of carbonyl (C=O) groups excluding carboxylic acids is 1. The summed E-state index contributed by atoms with van der Waals surface area (Å²) in [4.78, 5) is 9.63. The van der Waals surface area contributed by atoms with Crippen LogP contribution in [0.2, 0.25) is 0 Å². The van der Waals surface area contributed by atoms with Gasteiger partial charge in [0.25, 0.3) is 6.47 Å². The Kier molecular flexibility index (Phi) is 4.78. The predicted octanol–water partition coefficient (Wildman–Crippen LogP) is 2.14. The first-order chi connectivity index (χ1) is 4.48. The molecular formula is C4H4Cl4O2. The summed E-state index contributed by atoms with van der Waals surface area (Å²) in [6.45, 7) is 0.132. The maximum atomic E-state index is 9.63. The number of hydrogen-bond acceptors (Lipinski definition) is 2. The van der Waals surface area contributed by atoms with Crippen LogP contribution < -0.4 is 0 Å². The zero-order valence-electron chi connectivity index (χ0n) is 4.69. The van der Waals surface area contributed by atoms with E-state index in [0.29, 0.717) is 0 Å². The highest BCUT2D eigenvalue weighted by Crippen LogP contribution is 2.33. The molecule has 0 amide bonds. The standard InChI is InChI=1S/C4H4Cl4O2/c5-3(1-10-2-9)4(6,7)8/h2-3H,1H2. The summed E-state index contributed by atoms with van der Waals surface area (Å²) in [6.07, 6.45) is 0. The van der Waals surface area contributed by atoms with E-state index in [2.05, 4.69) is 4.74 Å². The molecular weight excluding hydrogens is 222 g/mol. The molecule has 10 heavy (non-hydrogen) atoms. The van der Waals surface area contributed by atoms with Gasteiger partial charge in [-0.25, -0.2) is 0 Å². The van der Waals surface area contributed by atoms with Crippen molar-refractivity contribution in [2.45, 2.75) is 9.17 Å². The quantitative estimate of drug-likeness (QED) is 0.544. The molecule has 0 bridgehead atoms. The maximum absolute atomic E-state index is 9.63. The molecule has 6 heteroatoms. The molecule has 1 atom stereocenters. The third-order valence-electron chi connectivity index (χ3n) is 0.666. The maximum Gasteiger partial charge on any atom is 0.293 e. The minimum absolute atomic E-state index is 0.110. The fourth-order valence-corrected chi connectivity index (χ4v) is 0.480. The summed E-state index contributed by atoms with van der Waals surface area (Å²) >= 11 is 21.4. The van der Waals surface area contributed by atoms with E-state index in [-0.39, 0.29) is 13.1 Å². The molecule has 0 aromatic carbocycles. The van der Waals surface area contributed by atoms with Gasteiger partial charge in [-0.15, -0.1) is 11.6 Å². The minimum Gasteiger partial charge on any atom is -0.466 e. The predicted molar refractivity (Wildman–Crippen MR) is 41.9 cm³/mol. The van der Waals surface area contributed by atoms with E-state index in [1.54, 1.807) is 0 Å². The third-order valence-corrected chi connectivity index (χ3v) is 2.24. The van der Waals surface area contributed by atoms with Crippen LogP contribution >= 0.6 is 46.4 Å². The molecule has 0 aromatic rings. The molecule has 0 aliphatic heterocycles. The number of carbonyl (C=O) groups is 1. The lowest BCUT2D eigenvalue weighted by Gasteiger charge is -2.15. The highest BCUT2D eigenvalue weighted by atomic mass is 35.6. The van der Waals surface area contributed by atoms with Crippen molar-refractivity contribution >= 4 is 52.9 Å². The van der Waals surface area contributed by atoms with Gasteiger partial charge in [-0.3, -0.25) is 4.79 Å². The summed E-state index contributed by atoms with van der Waals surface area (Å²) in [5.41, 5.74) is 0. The van der Waals surface area contributed by atoms with E-state index in [1.165, 1.54) is 0 Å². The van der Waals surface area contributed by atoms with Crippen molar-refractivity contribution < 1.29 is 9.53 Å². The Bertz CT molecular complexity index is 110. The van der Waals surface area contributed by atoms with E-state index in [4.69, 9.17) is 46.4 Å². The van der Waals surface area contributed by atoms with Crippen molar-refractivity contribution in [2.24, 2.45) is 0 Å². The number of alkyl halides is 4. The van der Waals surface area contributed by atoms with Gasteiger partial charge in [0.2, 0.25) is 3.79 Å². The Morgan fingerprint density at radius 2 is 2.00 bits per heavy atom. The molecule has 2 nitrogen and oxygen atoms in total. The molecule has 0 saturated carbocycles.